The lowest BCUT2D eigenvalue weighted by atomic mass is 9.72. The van der Waals surface area contributed by atoms with Crippen molar-refractivity contribution < 1.29 is 0 Å². The van der Waals surface area contributed by atoms with E-state index in [1.807, 2.05) is 0 Å². The molecule has 0 amide bonds. The molecule has 20 heavy (non-hydrogen) atoms. The molecule has 0 spiro atoms. The van der Waals surface area contributed by atoms with Crippen LogP contribution in [0.1, 0.15) is 44.7 Å². The summed E-state index contributed by atoms with van der Waals surface area (Å²) in [4.78, 5) is 0. The molecule has 0 heteroatoms. The van der Waals surface area contributed by atoms with Crippen LogP contribution < -0.4 is 0 Å². The third-order valence-corrected chi connectivity index (χ3v) is 5.51. The standard InChI is InChI=1S/C20H24/c1-16-14-19(2,17-10-6-4-7-11-17)15-20(16,3)18-12-8-5-9-13-18/h4-13,16H,14-15H2,1-3H3. The van der Waals surface area contributed by atoms with Gasteiger partial charge in [0, 0.05) is 0 Å². The molecule has 1 aliphatic carbocycles. The van der Waals surface area contributed by atoms with Gasteiger partial charge in [0.15, 0.2) is 0 Å². The minimum absolute atomic E-state index is 0.284. The Morgan fingerprint density at radius 1 is 0.800 bits per heavy atom. The summed E-state index contributed by atoms with van der Waals surface area (Å²) in [6, 6.07) is 22.1. The van der Waals surface area contributed by atoms with Gasteiger partial charge in [-0.15, -0.1) is 0 Å². The van der Waals surface area contributed by atoms with Crippen LogP contribution in [0.15, 0.2) is 60.7 Å². The van der Waals surface area contributed by atoms with Gasteiger partial charge in [0.25, 0.3) is 0 Å². The van der Waals surface area contributed by atoms with Crippen LogP contribution in [0.5, 0.6) is 0 Å². The van der Waals surface area contributed by atoms with Crippen molar-refractivity contribution in [2.24, 2.45) is 5.92 Å². The molecule has 1 aliphatic rings. The Kier molecular flexibility index (Phi) is 3.20. The Bertz CT molecular complexity index is 572. The zero-order valence-corrected chi connectivity index (χ0v) is 12.8. The van der Waals surface area contributed by atoms with Gasteiger partial charge in [0.1, 0.15) is 0 Å². The fraction of sp³-hybridized carbons (Fsp3) is 0.400. The number of hydrogen-bond donors (Lipinski definition) is 0. The van der Waals surface area contributed by atoms with E-state index in [1.54, 1.807) is 0 Å². The highest BCUT2D eigenvalue weighted by Crippen LogP contribution is 2.54. The quantitative estimate of drug-likeness (QED) is 0.687. The van der Waals surface area contributed by atoms with Crippen molar-refractivity contribution in [2.75, 3.05) is 0 Å². The van der Waals surface area contributed by atoms with E-state index in [-0.39, 0.29) is 5.41 Å². The van der Waals surface area contributed by atoms with Crippen molar-refractivity contribution >= 4 is 0 Å². The summed E-state index contributed by atoms with van der Waals surface area (Å²) >= 11 is 0. The maximum Gasteiger partial charge on any atom is -0.00410 e. The number of benzene rings is 2. The van der Waals surface area contributed by atoms with E-state index in [1.165, 1.54) is 24.0 Å². The molecule has 3 atom stereocenters. The molecule has 0 aliphatic heterocycles. The predicted octanol–water partition coefficient (Wildman–Crippen LogP) is 5.33. The molecule has 2 aromatic rings. The van der Waals surface area contributed by atoms with Crippen LogP contribution >= 0.6 is 0 Å². The lowest BCUT2D eigenvalue weighted by Gasteiger charge is -2.31. The summed E-state index contributed by atoms with van der Waals surface area (Å²) < 4.78 is 0. The van der Waals surface area contributed by atoms with Crippen molar-refractivity contribution in [3.8, 4) is 0 Å². The minimum Gasteiger partial charge on any atom is -0.0622 e. The van der Waals surface area contributed by atoms with E-state index in [0.29, 0.717) is 11.3 Å². The summed E-state index contributed by atoms with van der Waals surface area (Å²) in [6.07, 6.45) is 2.50. The van der Waals surface area contributed by atoms with Crippen LogP contribution in [0, 0.1) is 5.92 Å². The Morgan fingerprint density at radius 3 is 1.85 bits per heavy atom. The van der Waals surface area contributed by atoms with Gasteiger partial charge in [-0.1, -0.05) is 81.4 Å². The van der Waals surface area contributed by atoms with Gasteiger partial charge >= 0.3 is 0 Å². The molecule has 1 fully saturated rings. The SMILES string of the molecule is CC1CC(C)(c2ccccc2)CC1(C)c1ccccc1. The van der Waals surface area contributed by atoms with Gasteiger partial charge < -0.3 is 0 Å². The van der Waals surface area contributed by atoms with Gasteiger partial charge in [0.2, 0.25) is 0 Å². The lowest BCUT2D eigenvalue weighted by molar-refractivity contribution is 0.368. The molecule has 3 rings (SSSR count). The summed E-state index contributed by atoms with van der Waals surface area (Å²) in [5.41, 5.74) is 3.57. The first-order valence-corrected chi connectivity index (χ1v) is 7.66. The van der Waals surface area contributed by atoms with Gasteiger partial charge in [-0.25, -0.2) is 0 Å². The molecule has 0 N–H and O–H groups in total. The normalized spacial score (nSPS) is 33.2. The van der Waals surface area contributed by atoms with Gasteiger partial charge in [0.05, 0.1) is 0 Å². The molecular formula is C20H24. The first-order valence-electron chi connectivity index (χ1n) is 7.66. The van der Waals surface area contributed by atoms with Crippen LogP contribution in [0.2, 0.25) is 0 Å². The second-order valence-electron chi connectivity index (χ2n) is 6.99. The van der Waals surface area contributed by atoms with E-state index in [2.05, 4.69) is 81.4 Å². The summed E-state index contributed by atoms with van der Waals surface area (Å²) in [5.74, 6) is 0.704. The number of rotatable bonds is 2. The summed E-state index contributed by atoms with van der Waals surface area (Å²) in [7, 11) is 0. The predicted molar refractivity (Wildman–Crippen MR) is 86.0 cm³/mol. The molecule has 0 aromatic heterocycles. The van der Waals surface area contributed by atoms with Crippen LogP contribution in [0.25, 0.3) is 0 Å². The Morgan fingerprint density at radius 2 is 1.30 bits per heavy atom. The monoisotopic (exact) mass is 264 g/mol. The Hall–Kier alpha value is -1.56. The lowest BCUT2D eigenvalue weighted by Crippen LogP contribution is -2.26. The zero-order chi connectivity index (χ0) is 14.2. The summed E-state index contributed by atoms with van der Waals surface area (Å²) in [6.45, 7) is 7.30. The third-order valence-electron chi connectivity index (χ3n) is 5.51. The summed E-state index contributed by atoms with van der Waals surface area (Å²) in [5, 5.41) is 0. The zero-order valence-electron chi connectivity index (χ0n) is 12.8. The van der Waals surface area contributed by atoms with E-state index in [4.69, 9.17) is 0 Å². The van der Waals surface area contributed by atoms with Crippen LogP contribution in [-0.2, 0) is 10.8 Å². The molecule has 104 valence electrons. The second-order valence-corrected chi connectivity index (χ2v) is 6.99. The van der Waals surface area contributed by atoms with Gasteiger partial charge in [-0.3, -0.25) is 0 Å². The molecule has 2 aromatic carbocycles. The molecule has 0 radical (unpaired) electrons. The molecule has 1 saturated carbocycles. The fourth-order valence-electron chi connectivity index (χ4n) is 4.22. The minimum atomic E-state index is 0.284. The van der Waals surface area contributed by atoms with Crippen LogP contribution in [0.3, 0.4) is 0 Å². The van der Waals surface area contributed by atoms with Gasteiger partial charge in [-0.05, 0) is 40.7 Å². The average molecular weight is 264 g/mol. The molecule has 3 unspecified atom stereocenters. The van der Waals surface area contributed by atoms with Crippen LogP contribution in [0.4, 0.5) is 0 Å². The maximum atomic E-state index is 2.45. The largest absolute Gasteiger partial charge is 0.0622 e. The first kappa shape index (κ1) is 13.4. The van der Waals surface area contributed by atoms with Crippen LogP contribution in [-0.4, -0.2) is 0 Å². The van der Waals surface area contributed by atoms with Gasteiger partial charge in [-0.2, -0.15) is 0 Å². The van der Waals surface area contributed by atoms with E-state index in [0.717, 1.165) is 0 Å². The van der Waals surface area contributed by atoms with E-state index in [9.17, 15) is 0 Å². The highest BCUT2D eigenvalue weighted by atomic mass is 14.5. The Balaban J connectivity index is 1.98. The molecule has 0 nitrogen and oxygen atoms in total. The van der Waals surface area contributed by atoms with Crippen molar-refractivity contribution in [3.05, 3.63) is 71.8 Å². The maximum absolute atomic E-state index is 2.45. The fourth-order valence-corrected chi connectivity index (χ4v) is 4.22. The van der Waals surface area contributed by atoms with Crippen molar-refractivity contribution in [1.82, 2.24) is 0 Å². The topological polar surface area (TPSA) is 0 Å². The highest BCUT2D eigenvalue weighted by Gasteiger charge is 2.49. The highest BCUT2D eigenvalue weighted by molar-refractivity contribution is 5.34. The Labute approximate surface area is 122 Å². The molecular weight excluding hydrogens is 240 g/mol. The first-order chi connectivity index (χ1) is 9.55. The molecule has 0 bridgehead atoms. The van der Waals surface area contributed by atoms with Crippen molar-refractivity contribution in [2.45, 2.75) is 44.4 Å². The van der Waals surface area contributed by atoms with Crippen molar-refractivity contribution in [3.63, 3.8) is 0 Å². The third kappa shape index (κ3) is 2.08. The number of hydrogen-bond acceptors (Lipinski definition) is 0. The van der Waals surface area contributed by atoms with E-state index >= 15 is 0 Å². The molecule has 0 saturated heterocycles. The average Bonchev–Trinajstić information content (AvgIpc) is 2.73. The van der Waals surface area contributed by atoms with E-state index < -0.39 is 0 Å². The van der Waals surface area contributed by atoms with Crippen molar-refractivity contribution in [1.29, 1.82) is 0 Å². The second kappa shape index (κ2) is 4.77. The molecule has 0 heterocycles. The smallest absolute Gasteiger partial charge is 0.00410 e.